The van der Waals surface area contributed by atoms with Crippen LogP contribution in [0.4, 0.5) is 0 Å². The van der Waals surface area contributed by atoms with Gasteiger partial charge in [-0.15, -0.1) is 0 Å². The average molecular weight is 257 g/mol. The summed E-state index contributed by atoms with van der Waals surface area (Å²) in [6, 6.07) is 3.93. The molecule has 2 unspecified atom stereocenters. The number of pyridine rings is 1. The zero-order chi connectivity index (χ0) is 12.8. The molecule has 4 rings (SSSR count). The molecular weight excluding hydrogens is 238 g/mol. The minimum absolute atomic E-state index is 0.641. The normalized spacial score (nSPS) is 29.2. The Kier molecular flexibility index (Phi) is 2.50. The number of ether oxygens (including phenoxy) is 1. The summed E-state index contributed by atoms with van der Waals surface area (Å²) in [6.45, 7) is 2.61. The lowest BCUT2D eigenvalue weighted by Gasteiger charge is -2.04. The van der Waals surface area contributed by atoms with Crippen LogP contribution in [0.3, 0.4) is 0 Å². The molecule has 0 saturated heterocycles. The summed E-state index contributed by atoms with van der Waals surface area (Å²) < 4.78 is 5.43. The van der Waals surface area contributed by atoms with Crippen molar-refractivity contribution in [2.45, 2.75) is 38.5 Å². The lowest BCUT2D eigenvalue weighted by Crippen LogP contribution is -1.93. The summed E-state index contributed by atoms with van der Waals surface area (Å²) in [5, 5.41) is 0. The summed E-state index contributed by atoms with van der Waals surface area (Å²) in [5.41, 5.74) is 1.83. The third kappa shape index (κ3) is 1.81. The first-order chi connectivity index (χ1) is 9.36. The number of rotatable bonds is 3. The van der Waals surface area contributed by atoms with Gasteiger partial charge in [-0.1, -0.05) is 12.8 Å². The molecule has 2 saturated carbocycles. The van der Waals surface area contributed by atoms with Gasteiger partial charge in [-0.2, -0.15) is 4.98 Å². The summed E-state index contributed by atoms with van der Waals surface area (Å²) in [7, 11) is 0. The first-order valence-electron chi connectivity index (χ1n) is 7.36. The van der Waals surface area contributed by atoms with E-state index in [4.69, 9.17) is 9.72 Å². The molecule has 2 heterocycles. The van der Waals surface area contributed by atoms with Gasteiger partial charge in [-0.25, -0.2) is 4.98 Å². The van der Waals surface area contributed by atoms with E-state index < -0.39 is 0 Å². The topological polar surface area (TPSA) is 50.8 Å². The highest BCUT2D eigenvalue weighted by Crippen LogP contribution is 2.60. The summed E-state index contributed by atoms with van der Waals surface area (Å²) >= 11 is 0. The number of nitrogens with zero attached hydrogens (tertiary/aromatic N) is 2. The zero-order valence-corrected chi connectivity index (χ0v) is 11.2. The predicted molar refractivity (Wildman–Crippen MR) is 73.2 cm³/mol. The van der Waals surface area contributed by atoms with Crippen LogP contribution in [0.5, 0.6) is 5.88 Å². The molecule has 2 aromatic heterocycles. The van der Waals surface area contributed by atoms with E-state index in [0.29, 0.717) is 18.4 Å². The first kappa shape index (κ1) is 11.3. The zero-order valence-electron chi connectivity index (χ0n) is 11.2. The Balaban J connectivity index is 1.65. The monoisotopic (exact) mass is 257 g/mol. The fourth-order valence-corrected chi connectivity index (χ4v) is 3.68. The Morgan fingerprint density at radius 3 is 2.74 bits per heavy atom. The molecular formula is C15H19N3O. The van der Waals surface area contributed by atoms with Gasteiger partial charge in [0.25, 0.3) is 0 Å². The third-order valence-corrected chi connectivity index (χ3v) is 4.60. The van der Waals surface area contributed by atoms with E-state index in [1.54, 1.807) is 0 Å². The first-order valence-corrected chi connectivity index (χ1v) is 7.36. The fourth-order valence-electron chi connectivity index (χ4n) is 3.68. The predicted octanol–water partition coefficient (Wildman–Crippen LogP) is 3.26. The number of aromatic nitrogens is 3. The second kappa shape index (κ2) is 4.22. The molecule has 0 spiro atoms. The van der Waals surface area contributed by atoms with Crippen molar-refractivity contribution in [1.29, 1.82) is 0 Å². The quantitative estimate of drug-likeness (QED) is 0.918. The van der Waals surface area contributed by atoms with E-state index in [1.165, 1.54) is 25.7 Å². The maximum Gasteiger partial charge on any atom is 0.215 e. The number of imidazole rings is 1. The molecule has 2 aliphatic rings. The van der Waals surface area contributed by atoms with Crippen molar-refractivity contribution in [3.63, 3.8) is 0 Å². The van der Waals surface area contributed by atoms with Crippen LogP contribution >= 0.6 is 0 Å². The van der Waals surface area contributed by atoms with Gasteiger partial charge in [0.2, 0.25) is 5.88 Å². The number of H-pyrrole nitrogens is 1. The number of nitrogens with one attached hydrogen (secondary N) is 1. The second-order valence-electron chi connectivity index (χ2n) is 5.71. The standard InChI is InChI=1S/C15H19N3O/c1-2-19-12-8-7-11-14(17-12)18-15(16-11)13-9-5-3-4-6-10(9)13/h7-10,13H,2-6H2,1H3,(H,16,17,18). The van der Waals surface area contributed by atoms with Crippen molar-refractivity contribution < 1.29 is 4.74 Å². The molecule has 2 aliphatic carbocycles. The Bertz CT molecular complexity index is 594. The number of aromatic amines is 1. The fraction of sp³-hybridized carbons (Fsp3) is 0.600. The Labute approximate surface area is 112 Å². The van der Waals surface area contributed by atoms with Gasteiger partial charge in [0.15, 0.2) is 5.65 Å². The molecule has 1 N–H and O–H groups in total. The average Bonchev–Trinajstić information content (AvgIpc) is 3.02. The van der Waals surface area contributed by atoms with E-state index in [1.807, 2.05) is 19.1 Å². The van der Waals surface area contributed by atoms with Crippen molar-refractivity contribution in [3.05, 3.63) is 18.0 Å². The van der Waals surface area contributed by atoms with Gasteiger partial charge in [-0.3, -0.25) is 0 Å². The van der Waals surface area contributed by atoms with E-state index in [9.17, 15) is 0 Å². The van der Waals surface area contributed by atoms with Gasteiger partial charge >= 0.3 is 0 Å². The van der Waals surface area contributed by atoms with Crippen LogP contribution in [0, 0.1) is 11.8 Å². The molecule has 2 atom stereocenters. The number of fused-ring (bicyclic) bond motifs is 2. The van der Waals surface area contributed by atoms with Crippen LogP contribution in [-0.4, -0.2) is 21.6 Å². The minimum atomic E-state index is 0.641. The van der Waals surface area contributed by atoms with Crippen LogP contribution in [0.25, 0.3) is 11.2 Å². The summed E-state index contributed by atoms with van der Waals surface area (Å²) in [4.78, 5) is 12.6. The Morgan fingerprint density at radius 2 is 2.00 bits per heavy atom. The Morgan fingerprint density at radius 1 is 1.21 bits per heavy atom. The molecule has 4 nitrogen and oxygen atoms in total. The number of hydrogen-bond acceptors (Lipinski definition) is 3. The van der Waals surface area contributed by atoms with Crippen molar-refractivity contribution in [1.82, 2.24) is 15.0 Å². The van der Waals surface area contributed by atoms with Gasteiger partial charge in [0, 0.05) is 12.0 Å². The van der Waals surface area contributed by atoms with Crippen molar-refractivity contribution in [2.75, 3.05) is 6.61 Å². The highest BCUT2D eigenvalue weighted by Gasteiger charge is 2.52. The molecule has 0 bridgehead atoms. The largest absolute Gasteiger partial charge is 0.478 e. The molecule has 2 fully saturated rings. The molecule has 0 amide bonds. The van der Waals surface area contributed by atoms with Crippen LogP contribution in [-0.2, 0) is 0 Å². The lowest BCUT2D eigenvalue weighted by molar-refractivity contribution is 0.328. The van der Waals surface area contributed by atoms with Crippen LogP contribution in [0.2, 0.25) is 0 Å². The van der Waals surface area contributed by atoms with Crippen LogP contribution < -0.4 is 4.74 Å². The highest BCUT2D eigenvalue weighted by atomic mass is 16.5. The van der Waals surface area contributed by atoms with E-state index in [0.717, 1.165) is 28.8 Å². The second-order valence-corrected chi connectivity index (χ2v) is 5.71. The molecule has 19 heavy (non-hydrogen) atoms. The number of hydrogen-bond donors (Lipinski definition) is 1. The minimum Gasteiger partial charge on any atom is -0.478 e. The van der Waals surface area contributed by atoms with E-state index in [2.05, 4.69) is 9.97 Å². The Hall–Kier alpha value is -1.58. The maximum atomic E-state index is 5.43. The van der Waals surface area contributed by atoms with Gasteiger partial charge < -0.3 is 9.72 Å². The molecule has 4 heteroatoms. The summed E-state index contributed by atoms with van der Waals surface area (Å²) in [5.74, 6) is 4.22. The van der Waals surface area contributed by atoms with Crippen LogP contribution in [0.1, 0.15) is 44.3 Å². The molecule has 0 radical (unpaired) electrons. The maximum absolute atomic E-state index is 5.43. The van der Waals surface area contributed by atoms with Crippen molar-refractivity contribution in [3.8, 4) is 5.88 Å². The summed E-state index contributed by atoms with van der Waals surface area (Å²) in [6.07, 6.45) is 5.54. The van der Waals surface area contributed by atoms with E-state index >= 15 is 0 Å². The molecule has 0 aromatic carbocycles. The van der Waals surface area contributed by atoms with Gasteiger partial charge in [0.05, 0.1) is 12.1 Å². The SMILES string of the molecule is CCOc1ccc2[nH]c(C3C4CCCCC43)nc2n1. The van der Waals surface area contributed by atoms with Gasteiger partial charge in [0.1, 0.15) is 5.82 Å². The van der Waals surface area contributed by atoms with Crippen LogP contribution in [0.15, 0.2) is 12.1 Å². The molecule has 100 valence electrons. The lowest BCUT2D eigenvalue weighted by atomic mass is 10.0. The van der Waals surface area contributed by atoms with Crippen molar-refractivity contribution in [2.24, 2.45) is 11.8 Å². The van der Waals surface area contributed by atoms with Crippen molar-refractivity contribution >= 4 is 11.2 Å². The highest BCUT2D eigenvalue weighted by molar-refractivity contribution is 5.71. The molecule has 0 aliphatic heterocycles. The smallest absolute Gasteiger partial charge is 0.215 e. The van der Waals surface area contributed by atoms with E-state index in [-0.39, 0.29) is 0 Å². The molecule has 2 aromatic rings. The van der Waals surface area contributed by atoms with Gasteiger partial charge in [-0.05, 0) is 37.7 Å². The third-order valence-electron chi connectivity index (χ3n) is 4.60.